The monoisotopic (exact) mass is 906 g/mol. The maximum atomic E-state index is 3.15. The van der Waals surface area contributed by atoms with Crippen molar-refractivity contribution in [2.75, 3.05) is 0 Å². The van der Waals surface area contributed by atoms with Gasteiger partial charge in [-0.05, 0) is 0 Å². The molecule has 0 fully saturated rings. The fourth-order valence-electron chi connectivity index (χ4n) is 5.07. The number of hydrogen-bond donors (Lipinski definition) is 0. The van der Waals surface area contributed by atoms with Crippen molar-refractivity contribution in [2.24, 2.45) is 0 Å². The molecule has 0 aromatic heterocycles. The van der Waals surface area contributed by atoms with Crippen LogP contribution in [0.25, 0.3) is 32.7 Å². The van der Waals surface area contributed by atoms with E-state index in [-0.39, 0.29) is 35.7 Å². The Hall–Kier alpha value is -2.16. The van der Waals surface area contributed by atoms with E-state index in [0.717, 1.165) is 12.8 Å². The molecule has 0 heterocycles. The van der Waals surface area contributed by atoms with Gasteiger partial charge in [0.05, 0.1) is 0 Å². The Morgan fingerprint density at radius 2 is 0.808 bits per heavy atom. The molecule has 264 valence electrons. The molecule has 0 saturated carbocycles. The minimum Gasteiger partial charge on any atom is -1.00 e. The number of allylic oxidation sites excluding steroid dienone is 8. The van der Waals surface area contributed by atoms with Gasteiger partial charge in [0.1, 0.15) is 0 Å². The van der Waals surface area contributed by atoms with Gasteiger partial charge in [0.15, 0.2) is 0 Å². The Bertz CT molecular complexity index is 1830. The van der Waals surface area contributed by atoms with Gasteiger partial charge in [-0.25, -0.2) is 12.2 Å². The van der Waals surface area contributed by atoms with Crippen LogP contribution in [0.1, 0.15) is 35.1 Å². The summed E-state index contributed by atoms with van der Waals surface area (Å²) in [5.74, 6) is 0. The summed E-state index contributed by atoms with van der Waals surface area (Å²) >= 11 is 3.48. The van der Waals surface area contributed by atoms with Gasteiger partial charge in [-0.1, -0.05) is 86.6 Å². The average Bonchev–Trinajstić information content (AvgIpc) is 3.93. The summed E-state index contributed by atoms with van der Waals surface area (Å²) in [5, 5.41) is 5.39. The van der Waals surface area contributed by atoms with Crippen LogP contribution in [-0.2, 0) is 46.7 Å². The van der Waals surface area contributed by atoms with Gasteiger partial charge in [0.2, 0.25) is 0 Å². The van der Waals surface area contributed by atoms with E-state index in [0.29, 0.717) is 0 Å². The zero-order valence-electron chi connectivity index (χ0n) is 31.2. The van der Waals surface area contributed by atoms with Crippen molar-refractivity contribution in [3.05, 3.63) is 192 Å². The minimum absolute atomic E-state index is 0. The van der Waals surface area contributed by atoms with E-state index in [1.165, 1.54) is 54.9 Å². The predicted molar refractivity (Wildman–Crippen MR) is 217 cm³/mol. The van der Waals surface area contributed by atoms with Crippen molar-refractivity contribution >= 4 is 43.6 Å². The fourth-order valence-corrected chi connectivity index (χ4v) is 5.07. The number of rotatable bonds is 2. The van der Waals surface area contributed by atoms with Gasteiger partial charge in [0.25, 0.3) is 0 Å². The van der Waals surface area contributed by atoms with Gasteiger partial charge in [-0.15, -0.1) is 105 Å². The van der Waals surface area contributed by atoms with E-state index < -0.39 is 0 Å². The molecule has 6 aromatic carbocycles. The first-order valence-electron chi connectivity index (χ1n) is 17.0. The standard InChI is InChI=1S/2C11H9.2C10H9.2C2H6Si.2ClH.2Zr/c2*1-2-6-10(7-3-1)11-8-4-5-9-11;2*1-8-6-9-4-2-3-5-10(9)7-8;2*1-3-2;;;;/h2*1-3,6-9H,4H2;2*2-7H,1H3;2*1-2H3;2*1H;;/q4*-1;;;;;2*+2/p-2. The number of benzene rings is 4. The second-order valence-electron chi connectivity index (χ2n) is 12.5. The van der Waals surface area contributed by atoms with Crippen LogP contribution < -0.4 is 24.8 Å². The molecule has 0 aliphatic heterocycles. The van der Waals surface area contributed by atoms with Gasteiger partial charge in [-0.3, -0.25) is 12.2 Å². The Kier molecular flexibility index (Phi) is 25.2. The molecule has 0 radical (unpaired) electrons. The molecule has 0 unspecified atom stereocenters. The maximum absolute atomic E-state index is 3.15. The van der Waals surface area contributed by atoms with Crippen molar-refractivity contribution in [1.82, 2.24) is 0 Å². The quantitative estimate of drug-likeness (QED) is 0.130. The van der Waals surface area contributed by atoms with Crippen molar-refractivity contribution in [3.8, 4) is 0 Å². The predicted octanol–water partition coefficient (Wildman–Crippen LogP) is 6.98. The average molecular weight is 910 g/mol. The van der Waals surface area contributed by atoms with Crippen LogP contribution in [0.3, 0.4) is 0 Å². The molecule has 6 heteroatoms. The number of fused-ring (bicyclic) bond motifs is 2. The molecule has 2 aliphatic rings. The normalized spacial score (nSPS) is 11.5. The van der Waals surface area contributed by atoms with E-state index in [1.807, 2.05) is 12.1 Å². The SMILES string of the molecule is C[Si](C)=[Zr+2].C[Si](C)=[Zr+2].Cc1cc2ccccc2[cH-]1.Cc1cc2ccccc2[cH-]1.[C-]1=CC(c2ccccc2)=CC1.[C-]1=CC(c2ccccc2)=CC1.[Cl-].[Cl-]. The molecule has 0 saturated heterocycles. The summed E-state index contributed by atoms with van der Waals surface area (Å²) < 4.78 is 0. The van der Waals surface area contributed by atoms with Crippen LogP contribution in [0.2, 0.25) is 26.2 Å². The van der Waals surface area contributed by atoms with E-state index in [9.17, 15) is 0 Å². The number of halogens is 2. The van der Waals surface area contributed by atoms with Crippen LogP contribution in [-0.4, -0.2) is 10.9 Å². The van der Waals surface area contributed by atoms with Crippen LogP contribution in [0, 0.1) is 26.0 Å². The summed E-state index contributed by atoms with van der Waals surface area (Å²) in [7, 11) is 0. The van der Waals surface area contributed by atoms with Gasteiger partial charge in [0, 0.05) is 0 Å². The van der Waals surface area contributed by atoms with Crippen molar-refractivity contribution in [2.45, 2.75) is 52.9 Å². The van der Waals surface area contributed by atoms with Crippen molar-refractivity contribution < 1.29 is 71.5 Å². The molecule has 0 spiro atoms. The molecular formula is C46H48Cl2Si2Zr2-2. The van der Waals surface area contributed by atoms with E-state index in [4.69, 9.17) is 0 Å². The third-order valence-corrected chi connectivity index (χ3v) is 7.13. The number of hydrogen-bond acceptors (Lipinski definition) is 0. The Labute approximate surface area is 356 Å². The largest absolute Gasteiger partial charge is 1.00 e. The molecule has 0 N–H and O–H groups in total. The zero-order chi connectivity index (χ0) is 36.1. The Morgan fingerprint density at radius 1 is 0.500 bits per heavy atom. The Balaban J connectivity index is 0.000000321. The molecule has 0 amide bonds. The van der Waals surface area contributed by atoms with Crippen molar-refractivity contribution in [3.63, 3.8) is 0 Å². The van der Waals surface area contributed by atoms with E-state index >= 15 is 0 Å². The van der Waals surface area contributed by atoms with Gasteiger partial charge in [-0.2, -0.15) is 35.4 Å². The first-order chi connectivity index (χ1) is 24.1. The fraction of sp³-hybridized carbons (Fsp3) is 0.174. The summed E-state index contributed by atoms with van der Waals surface area (Å²) in [6, 6.07) is 46.4. The summed E-state index contributed by atoms with van der Waals surface area (Å²) in [5.41, 5.74) is 8.29. The number of aryl methyl sites for hydroxylation is 2. The second-order valence-corrected chi connectivity index (χ2v) is 31.2. The van der Waals surface area contributed by atoms with Crippen LogP contribution in [0.15, 0.2) is 158 Å². The second kappa shape index (κ2) is 27.4. The molecule has 2 aliphatic carbocycles. The van der Waals surface area contributed by atoms with E-state index in [1.54, 1.807) is 46.7 Å². The molecule has 8 rings (SSSR count). The molecule has 0 nitrogen and oxygen atoms in total. The van der Waals surface area contributed by atoms with Crippen LogP contribution >= 0.6 is 0 Å². The first-order valence-corrected chi connectivity index (χ1v) is 29.4. The zero-order valence-corrected chi connectivity index (χ0v) is 39.6. The topological polar surface area (TPSA) is 0 Å². The van der Waals surface area contributed by atoms with Gasteiger partial charge < -0.3 is 24.8 Å². The van der Waals surface area contributed by atoms with Crippen LogP contribution in [0.5, 0.6) is 0 Å². The van der Waals surface area contributed by atoms with Gasteiger partial charge >= 0.3 is 83.7 Å². The van der Waals surface area contributed by atoms with Crippen molar-refractivity contribution in [1.29, 1.82) is 0 Å². The van der Waals surface area contributed by atoms with Crippen LogP contribution in [0.4, 0.5) is 0 Å². The first kappa shape index (κ1) is 47.9. The van der Waals surface area contributed by atoms with E-state index in [2.05, 4.69) is 198 Å². The third kappa shape index (κ3) is 19.3. The molecule has 52 heavy (non-hydrogen) atoms. The smallest absolute Gasteiger partial charge is 0.0579 e. The maximum Gasteiger partial charge on any atom is -0.0579 e. The molecule has 6 aromatic rings. The minimum atomic E-state index is 0. The third-order valence-electron chi connectivity index (χ3n) is 7.13. The molecular weight excluding hydrogens is 862 g/mol. The summed E-state index contributed by atoms with van der Waals surface area (Å²) in [6.45, 7) is 13.5. The summed E-state index contributed by atoms with van der Waals surface area (Å²) in [4.78, 5) is 0. The molecule has 0 bridgehead atoms. The molecule has 0 atom stereocenters. The Morgan fingerprint density at radius 3 is 1.10 bits per heavy atom. The summed E-state index contributed by atoms with van der Waals surface area (Å²) in [6.07, 6.45) is 16.7.